The van der Waals surface area contributed by atoms with Gasteiger partial charge in [0.1, 0.15) is 0 Å². The highest BCUT2D eigenvalue weighted by molar-refractivity contribution is 7.89. The van der Waals surface area contributed by atoms with Crippen LogP contribution in [0.5, 0.6) is 0 Å². The van der Waals surface area contributed by atoms with Gasteiger partial charge in [-0.15, -0.1) is 0 Å². The van der Waals surface area contributed by atoms with E-state index in [0.29, 0.717) is 12.1 Å². The van der Waals surface area contributed by atoms with Gasteiger partial charge in [-0.3, -0.25) is 9.59 Å². The van der Waals surface area contributed by atoms with Crippen LogP contribution in [0.2, 0.25) is 0 Å². The van der Waals surface area contributed by atoms with Crippen LogP contribution in [0.3, 0.4) is 0 Å². The van der Waals surface area contributed by atoms with Crippen molar-refractivity contribution in [1.29, 1.82) is 0 Å². The van der Waals surface area contributed by atoms with E-state index in [-0.39, 0.29) is 23.9 Å². The molecule has 0 bridgehead atoms. The Morgan fingerprint density at radius 3 is 1.96 bits per heavy atom. The quantitative estimate of drug-likeness (QED) is 0.721. The van der Waals surface area contributed by atoms with Crippen LogP contribution in [0.15, 0.2) is 53.4 Å². The van der Waals surface area contributed by atoms with Crippen molar-refractivity contribution in [2.24, 2.45) is 5.73 Å². The van der Waals surface area contributed by atoms with Crippen molar-refractivity contribution in [3.63, 3.8) is 0 Å². The number of nitrogens with one attached hydrogen (secondary N) is 1. The summed E-state index contributed by atoms with van der Waals surface area (Å²) in [6.45, 7) is 3.14. The number of benzene rings is 2. The summed E-state index contributed by atoms with van der Waals surface area (Å²) in [6.07, 6.45) is 0.575. The van der Waals surface area contributed by atoms with Gasteiger partial charge in [0.25, 0.3) is 0 Å². The summed E-state index contributed by atoms with van der Waals surface area (Å²) >= 11 is 0. The van der Waals surface area contributed by atoms with Crippen molar-refractivity contribution in [3.05, 3.63) is 48.5 Å². The summed E-state index contributed by atoms with van der Waals surface area (Å²) in [5, 5.41) is 2.69. The van der Waals surface area contributed by atoms with E-state index in [2.05, 4.69) is 5.32 Å². The molecule has 0 saturated heterocycles. The van der Waals surface area contributed by atoms with Crippen LogP contribution in [-0.2, 0) is 19.6 Å². The highest BCUT2D eigenvalue weighted by Crippen LogP contribution is 2.24. The lowest BCUT2D eigenvalue weighted by Crippen LogP contribution is -2.38. The van der Waals surface area contributed by atoms with E-state index >= 15 is 0 Å². The van der Waals surface area contributed by atoms with Gasteiger partial charge in [-0.25, -0.2) is 8.42 Å². The number of nitrogens with two attached hydrogens (primary N) is 1. The second-order valence-corrected chi connectivity index (χ2v) is 8.03. The Morgan fingerprint density at radius 1 is 1.00 bits per heavy atom. The standard InChI is InChI=1S/C19H23N3O4S/c1-3-12-22(13-19(20)24)27(25,26)18-10-6-16(7-11-18)15-4-8-17(9-5-15)21-14(2)23/h4-11H,3,12-13H2,1-2H3,(H2,20,24)(H,21,23). The van der Waals surface area contributed by atoms with Crippen molar-refractivity contribution >= 4 is 27.5 Å². The van der Waals surface area contributed by atoms with Crippen molar-refractivity contribution in [2.75, 3.05) is 18.4 Å². The van der Waals surface area contributed by atoms with Gasteiger partial charge in [-0.2, -0.15) is 4.31 Å². The maximum atomic E-state index is 12.7. The van der Waals surface area contributed by atoms with E-state index in [0.717, 1.165) is 15.4 Å². The van der Waals surface area contributed by atoms with Crippen LogP contribution in [0.25, 0.3) is 11.1 Å². The number of hydrogen-bond donors (Lipinski definition) is 2. The molecule has 0 aromatic heterocycles. The Kier molecular flexibility index (Phi) is 6.70. The lowest BCUT2D eigenvalue weighted by molar-refractivity contribution is -0.118. The molecule has 0 fully saturated rings. The number of anilines is 1. The molecule has 0 spiro atoms. The normalized spacial score (nSPS) is 11.4. The monoisotopic (exact) mass is 389 g/mol. The van der Waals surface area contributed by atoms with E-state index in [1.165, 1.54) is 19.1 Å². The first-order chi connectivity index (χ1) is 12.7. The van der Waals surface area contributed by atoms with Crippen LogP contribution in [0.1, 0.15) is 20.3 Å². The fraction of sp³-hybridized carbons (Fsp3) is 0.263. The number of carbonyl (C=O) groups is 2. The molecule has 2 amide bonds. The van der Waals surface area contributed by atoms with Gasteiger partial charge in [0.2, 0.25) is 21.8 Å². The number of hydrogen-bond acceptors (Lipinski definition) is 4. The molecule has 0 radical (unpaired) electrons. The summed E-state index contributed by atoms with van der Waals surface area (Å²) < 4.78 is 26.6. The Balaban J connectivity index is 2.25. The zero-order chi connectivity index (χ0) is 20.0. The molecule has 8 heteroatoms. The van der Waals surface area contributed by atoms with Crippen LogP contribution >= 0.6 is 0 Å². The van der Waals surface area contributed by atoms with Crippen molar-refractivity contribution in [1.82, 2.24) is 4.31 Å². The minimum Gasteiger partial charge on any atom is -0.369 e. The van der Waals surface area contributed by atoms with Gasteiger partial charge in [0.15, 0.2) is 0 Å². The van der Waals surface area contributed by atoms with Gasteiger partial charge in [0.05, 0.1) is 11.4 Å². The topological polar surface area (TPSA) is 110 Å². The summed E-state index contributed by atoms with van der Waals surface area (Å²) in [7, 11) is -3.79. The van der Waals surface area contributed by atoms with E-state index in [1.54, 1.807) is 24.3 Å². The predicted molar refractivity (Wildman–Crippen MR) is 104 cm³/mol. The Hall–Kier alpha value is -2.71. The molecular formula is C19H23N3O4S. The third-order valence-electron chi connectivity index (χ3n) is 3.84. The van der Waals surface area contributed by atoms with E-state index < -0.39 is 15.9 Å². The maximum absolute atomic E-state index is 12.7. The molecular weight excluding hydrogens is 366 g/mol. The average Bonchev–Trinajstić information content (AvgIpc) is 2.61. The van der Waals surface area contributed by atoms with Gasteiger partial charge in [0, 0.05) is 19.2 Å². The van der Waals surface area contributed by atoms with Crippen molar-refractivity contribution in [3.8, 4) is 11.1 Å². The van der Waals surface area contributed by atoms with Gasteiger partial charge >= 0.3 is 0 Å². The molecule has 144 valence electrons. The number of carbonyl (C=O) groups excluding carboxylic acids is 2. The molecule has 0 aliphatic heterocycles. The number of primary amides is 1. The van der Waals surface area contributed by atoms with Gasteiger partial charge in [-0.05, 0) is 41.8 Å². The van der Waals surface area contributed by atoms with Crippen molar-refractivity contribution in [2.45, 2.75) is 25.2 Å². The Bertz CT molecular complexity index is 907. The first-order valence-electron chi connectivity index (χ1n) is 8.50. The Labute approximate surface area is 159 Å². The molecule has 27 heavy (non-hydrogen) atoms. The summed E-state index contributed by atoms with van der Waals surface area (Å²) in [6, 6.07) is 13.7. The zero-order valence-electron chi connectivity index (χ0n) is 15.3. The second-order valence-electron chi connectivity index (χ2n) is 6.09. The third kappa shape index (κ3) is 5.38. The highest BCUT2D eigenvalue weighted by atomic mass is 32.2. The van der Waals surface area contributed by atoms with Crippen LogP contribution in [0, 0.1) is 0 Å². The largest absolute Gasteiger partial charge is 0.369 e. The molecule has 7 nitrogen and oxygen atoms in total. The highest BCUT2D eigenvalue weighted by Gasteiger charge is 2.25. The van der Waals surface area contributed by atoms with Crippen LogP contribution in [-0.4, -0.2) is 37.6 Å². The fourth-order valence-electron chi connectivity index (χ4n) is 2.63. The first kappa shape index (κ1) is 20.6. The molecule has 2 aromatic rings. The number of nitrogens with zero attached hydrogens (tertiary/aromatic N) is 1. The van der Waals surface area contributed by atoms with E-state index in [9.17, 15) is 18.0 Å². The molecule has 0 atom stereocenters. The third-order valence-corrected chi connectivity index (χ3v) is 5.70. The Morgan fingerprint density at radius 2 is 1.52 bits per heavy atom. The molecule has 0 heterocycles. The molecule has 0 aliphatic rings. The van der Waals surface area contributed by atoms with Gasteiger partial charge < -0.3 is 11.1 Å². The number of rotatable bonds is 8. The number of sulfonamides is 1. The summed E-state index contributed by atoms with van der Waals surface area (Å²) in [5.74, 6) is -0.840. The lowest BCUT2D eigenvalue weighted by atomic mass is 10.1. The minimum atomic E-state index is -3.79. The molecule has 2 aromatic carbocycles. The van der Waals surface area contributed by atoms with Crippen LogP contribution in [0.4, 0.5) is 5.69 Å². The van der Waals surface area contributed by atoms with Crippen LogP contribution < -0.4 is 11.1 Å². The smallest absolute Gasteiger partial charge is 0.243 e. The zero-order valence-corrected chi connectivity index (χ0v) is 16.1. The van der Waals surface area contributed by atoms with Gasteiger partial charge in [-0.1, -0.05) is 31.2 Å². The summed E-state index contributed by atoms with van der Waals surface area (Å²) in [4.78, 5) is 22.4. The molecule has 0 aliphatic carbocycles. The van der Waals surface area contributed by atoms with E-state index in [4.69, 9.17) is 5.73 Å². The predicted octanol–water partition coefficient (Wildman–Crippen LogP) is 2.20. The molecule has 2 rings (SSSR count). The minimum absolute atomic E-state index is 0.107. The molecule has 3 N–H and O–H groups in total. The van der Waals surface area contributed by atoms with E-state index in [1.807, 2.05) is 19.1 Å². The average molecular weight is 389 g/mol. The fourth-order valence-corrected chi connectivity index (χ4v) is 4.12. The second kappa shape index (κ2) is 8.79. The molecule has 0 saturated carbocycles. The van der Waals surface area contributed by atoms with Crippen molar-refractivity contribution < 1.29 is 18.0 Å². The first-order valence-corrected chi connectivity index (χ1v) is 9.94. The summed E-state index contributed by atoms with van der Waals surface area (Å²) in [5.41, 5.74) is 7.58. The maximum Gasteiger partial charge on any atom is 0.243 e. The lowest BCUT2D eigenvalue weighted by Gasteiger charge is -2.20. The number of amides is 2. The SMILES string of the molecule is CCCN(CC(N)=O)S(=O)(=O)c1ccc(-c2ccc(NC(C)=O)cc2)cc1. The molecule has 0 unspecified atom stereocenters.